The number of carbonyl (C=O) groups is 2. The Labute approximate surface area is 155 Å². The molecule has 2 heterocycles. The van der Waals surface area contributed by atoms with Gasteiger partial charge in [-0.25, -0.2) is 9.59 Å². The number of ether oxygens (including phenoxy) is 3. The molecule has 2 aliphatic rings. The maximum absolute atomic E-state index is 12.3. The van der Waals surface area contributed by atoms with Crippen LogP contribution in [0.2, 0.25) is 0 Å². The van der Waals surface area contributed by atoms with Gasteiger partial charge in [-0.15, -0.1) is 0 Å². The van der Waals surface area contributed by atoms with E-state index in [9.17, 15) is 9.59 Å². The zero-order chi connectivity index (χ0) is 18.7. The number of methoxy groups -OCH3 is 2. The molecular formula is C22H16O5. The number of esters is 2. The van der Waals surface area contributed by atoms with E-state index in [0.717, 1.165) is 32.7 Å². The molecule has 0 fully saturated rings. The summed E-state index contributed by atoms with van der Waals surface area (Å²) in [5.41, 5.74) is 2.27. The van der Waals surface area contributed by atoms with E-state index < -0.39 is 24.1 Å². The molecule has 0 aromatic heterocycles. The largest absolute Gasteiger partial charge is 0.466 e. The average molecular weight is 360 g/mol. The van der Waals surface area contributed by atoms with Crippen LogP contribution in [-0.4, -0.2) is 26.2 Å². The molecule has 2 atom stereocenters. The summed E-state index contributed by atoms with van der Waals surface area (Å²) in [6, 6.07) is 16.5. The van der Waals surface area contributed by atoms with Crippen molar-refractivity contribution in [1.82, 2.24) is 0 Å². The normalized spacial score (nSPS) is 20.2. The second-order valence-corrected chi connectivity index (χ2v) is 6.73. The molecule has 2 unspecified atom stereocenters. The molecule has 27 heavy (non-hydrogen) atoms. The van der Waals surface area contributed by atoms with E-state index >= 15 is 0 Å². The number of hydrogen-bond donors (Lipinski definition) is 0. The van der Waals surface area contributed by atoms with E-state index in [2.05, 4.69) is 24.3 Å². The predicted octanol–water partition coefficient (Wildman–Crippen LogP) is 3.76. The monoisotopic (exact) mass is 360 g/mol. The molecule has 2 bridgehead atoms. The van der Waals surface area contributed by atoms with Gasteiger partial charge in [0.15, 0.2) is 0 Å². The zero-order valence-electron chi connectivity index (χ0n) is 14.8. The zero-order valence-corrected chi connectivity index (χ0v) is 14.8. The number of hydrogen-bond acceptors (Lipinski definition) is 5. The molecule has 5 nitrogen and oxygen atoms in total. The Balaban J connectivity index is 1.74. The first-order chi connectivity index (χ1) is 13.1. The molecule has 5 heteroatoms. The lowest BCUT2D eigenvalue weighted by molar-refractivity contribution is -0.139. The third-order valence-corrected chi connectivity index (χ3v) is 5.37. The Bertz CT molecular complexity index is 1080. The van der Waals surface area contributed by atoms with Crippen LogP contribution in [0.1, 0.15) is 23.3 Å². The predicted molar refractivity (Wildman–Crippen MR) is 99.1 cm³/mol. The van der Waals surface area contributed by atoms with Crippen LogP contribution in [0.25, 0.3) is 21.5 Å². The molecule has 0 amide bonds. The minimum atomic E-state index is -0.609. The standard InChI is InChI=1S/C22H16O5/c1-25-21(23)17-18(22(24)26-2)20-16-10-14-8-12-6-4-3-5-11(12)7-13(14)9-15(16)19(17)27-20/h3-10,19-20H,1-2H3. The van der Waals surface area contributed by atoms with Crippen LogP contribution in [0.5, 0.6) is 0 Å². The molecule has 0 saturated carbocycles. The highest BCUT2D eigenvalue weighted by Gasteiger charge is 2.50. The molecule has 2 aliphatic heterocycles. The van der Waals surface area contributed by atoms with Crippen LogP contribution >= 0.6 is 0 Å². The van der Waals surface area contributed by atoms with Gasteiger partial charge in [0.25, 0.3) is 0 Å². The Kier molecular flexibility index (Phi) is 3.36. The first-order valence-electron chi connectivity index (χ1n) is 8.65. The quantitative estimate of drug-likeness (QED) is 0.514. The van der Waals surface area contributed by atoms with Gasteiger partial charge >= 0.3 is 11.9 Å². The Morgan fingerprint density at radius 3 is 1.59 bits per heavy atom. The molecule has 3 aromatic rings. The SMILES string of the molecule is COC(=O)C1=C(C(=O)OC)C2OC1c1cc3cc4ccccc4cc3cc12. The van der Waals surface area contributed by atoms with Gasteiger partial charge < -0.3 is 14.2 Å². The maximum atomic E-state index is 12.3. The number of fused-ring (bicyclic) bond motifs is 7. The first-order valence-corrected chi connectivity index (χ1v) is 8.65. The lowest BCUT2D eigenvalue weighted by Gasteiger charge is -2.18. The Morgan fingerprint density at radius 1 is 0.741 bits per heavy atom. The van der Waals surface area contributed by atoms with Gasteiger partial charge in [0.2, 0.25) is 0 Å². The van der Waals surface area contributed by atoms with Gasteiger partial charge in [-0.3, -0.25) is 0 Å². The minimum Gasteiger partial charge on any atom is -0.466 e. The van der Waals surface area contributed by atoms with Gasteiger partial charge in [0, 0.05) is 0 Å². The van der Waals surface area contributed by atoms with Crippen molar-refractivity contribution < 1.29 is 23.8 Å². The van der Waals surface area contributed by atoms with Gasteiger partial charge in [0.05, 0.1) is 25.4 Å². The smallest absolute Gasteiger partial charge is 0.337 e. The summed E-state index contributed by atoms with van der Waals surface area (Å²) in [4.78, 5) is 24.6. The van der Waals surface area contributed by atoms with Gasteiger partial charge in [-0.05, 0) is 56.9 Å². The van der Waals surface area contributed by atoms with Crippen LogP contribution in [0.3, 0.4) is 0 Å². The molecule has 134 valence electrons. The summed E-state index contributed by atoms with van der Waals surface area (Å²) in [5, 5.41) is 4.42. The lowest BCUT2D eigenvalue weighted by atomic mass is 9.84. The van der Waals surface area contributed by atoms with Crippen molar-refractivity contribution in [3.63, 3.8) is 0 Å². The summed E-state index contributed by atoms with van der Waals surface area (Å²) in [6.45, 7) is 0. The fourth-order valence-electron chi connectivity index (χ4n) is 4.15. The van der Waals surface area contributed by atoms with E-state index in [1.165, 1.54) is 14.2 Å². The van der Waals surface area contributed by atoms with E-state index in [4.69, 9.17) is 14.2 Å². The van der Waals surface area contributed by atoms with Crippen molar-refractivity contribution in [2.24, 2.45) is 0 Å². The van der Waals surface area contributed by atoms with Gasteiger partial charge in [-0.1, -0.05) is 24.3 Å². The first kappa shape index (κ1) is 16.0. The van der Waals surface area contributed by atoms with Crippen molar-refractivity contribution in [2.75, 3.05) is 14.2 Å². The van der Waals surface area contributed by atoms with Crippen molar-refractivity contribution in [3.05, 3.63) is 70.8 Å². The van der Waals surface area contributed by atoms with Crippen LogP contribution in [-0.2, 0) is 23.8 Å². The summed E-state index contributed by atoms with van der Waals surface area (Å²) in [6.07, 6.45) is -1.22. The molecule has 0 saturated heterocycles. The number of benzene rings is 3. The van der Waals surface area contributed by atoms with E-state index in [0.29, 0.717) is 0 Å². The third kappa shape index (κ3) is 2.15. The molecule has 0 spiro atoms. The summed E-state index contributed by atoms with van der Waals surface area (Å²) in [7, 11) is 2.59. The second-order valence-electron chi connectivity index (χ2n) is 6.73. The van der Waals surface area contributed by atoms with Gasteiger partial charge in [0.1, 0.15) is 12.2 Å². The van der Waals surface area contributed by atoms with Gasteiger partial charge in [-0.2, -0.15) is 0 Å². The van der Waals surface area contributed by atoms with E-state index in [-0.39, 0.29) is 11.1 Å². The van der Waals surface area contributed by atoms with Crippen LogP contribution in [0, 0.1) is 0 Å². The molecule has 3 aromatic carbocycles. The Morgan fingerprint density at radius 2 is 1.19 bits per heavy atom. The lowest BCUT2D eigenvalue weighted by Crippen LogP contribution is -2.19. The van der Waals surface area contributed by atoms with E-state index in [1.807, 2.05) is 24.3 Å². The highest BCUT2D eigenvalue weighted by atomic mass is 16.5. The highest BCUT2D eigenvalue weighted by Crippen LogP contribution is 2.55. The fraction of sp³-hybridized carbons (Fsp3) is 0.182. The average Bonchev–Trinajstić information content (AvgIpc) is 3.25. The van der Waals surface area contributed by atoms with Crippen molar-refractivity contribution in [2.45, 2.75) is 12.2 Å². The van der Waals surface area contributed by atoms with Crippen molar-refractivity contribution in [1.29, 1.82) is 0 Å². The molecule has 0 radical (unpaired) electrons. The van der Waals surface area contributed by atoms with Crippen LogP contribution in [0.15, 0.2) is 59.7 Å². The molecule has 0 N–H and O–H groups in total. The summed E-state index contributed by atoms with van der Waals surface area (Å²) >= 11 is 0. The molecule has 5 rings (SSSR count). The Hall–Kier alpha value is -3.18. The van der Waals surface area contributed by atoms with Crippen LogP contribution in [0.4, 0.5) is 0 Å². The van der Waals surface area contributed by atoms with E-state index in [1.54, 1.807) is 0 Å². The highest BCUT2D eigenvalue weighted by molar-refractivity contribution is 6.05. The van der Waals surface area contributed by atoms with Crippen molar-refractivity contribution >= 4 is 33.5 Å². The fourth-order valence-corrected chi connectivity index (χ4v) is 4.15. The van der Waals surface area contributed by atoms with Crippen molar-refractivity contribution in [3.8, 4) is 0 Å². The molecule has 0 aliphatic carbocycles. The minimum absolute atomic E-state index is 0.238. The number of rotatable bonds is 2. The maximum Gasteiger partial charge on any atom is 0.337 e. The summed E-state index contributed by atoms with van der Waals surface area (Å²) in [5.74, 6) is -1.13. The molecular weight excluding hydrogens is 344 g/mol. The summed E-state index contributed by atoms with van der Waals surface area (Å²) < 4.78 is 15.8. The topological polar surface area (TPSA) is 61.8 Å². The third-order valence-electron chi connectivity index (χ3n) is 5.37. The van der Waals surface area contributed by atoms with Crippen LogP contribution < -0.4 is 0 Å². The second kappa shape index (κ2) is 5.66. The number of carbonyl (C=O) groups excluding carboxylic acids is 2.